The molecule has 0 spiro atoms. The first-order chi connectivity index (χ1) is 3.20. The lowest BCUT2D eigenvalue weighted by Gasteiger charge is -2.45. The summed E-state index contributed by atoms with van der Waals surface area (Å²) in [5.41, 5.74) is 0. The van der Waals surface area contributed by atoms with Crippen LogP contribution in [0.2, 0.25) is 0 Å². The second-order valence-electron chi connectivity index (χ2n) is 2.92. The lowest BCUT2D eigenvalue weighted by atomic mass is 10.2. The van der Waals surface area contributed by atoms with Crippen molar-refractivity contribution < 1.29 is 4.65 Å². The molecule has 3 atom stereocenters. The molecule has 0 N–H and O–H groups in total. The predicted molar refractivity (Wildman–Crippen MR) is 26.3 cm³/mol. The SMILES string of the molecule is C[N+]1([O-])CC2CC21. The van der Waals surface area contributed by atoms with Crippen molar-refractivity contribution in [1.82, 2.24) is 0 Å². The molecule has 0 aromatic carbocycles. The molecule has 2 heteroatoms. The third-order valence-corrected chi connectivity index (χ3v) is 2.18. The zero-order valence-corrected chi connectivity index (χ0v) is 4.42. The lowest BCUT2D eigenvalue weighted by Crippen LogP contribution is -2.50. The van der Waals surface area contributed by atoms with Crippen LogP contribution in [0.5, 0.6) is 0 Å². The van der Waals surface area contributed by atoms with E-state index in [1.807, 2.05) is 0 Å². The highest BCUT2D eigenvalue weighted by Gasteiger charge is 2.59. The molecule has 0 bridgehead atoms. The quantitative estimate of drug-likeness (QED) is 0.317. The van der Waals surface area contributed by atoms with Crippen LogP contribution in [0.25, 0.3) is 0 Å². The molecule has 2 rings (SSSR count). The van der Waals surface area contributed by atoms with Crippen molar-refractivity contribution >= 4 is 0 Å². The summed E-state index contributed by atoms with van der Waals surface area (Å²) in [6, 6.07) is 0.528. The minimum atomic E-state index is 0.0602. The van der Waals surface area contributed by atoms with Gasteiger partial charge in [-0.1, -0.05) is 0 Å². The van der Waals surface area contributed by atoms with Gasteiger partial charge in [-0.25, -0.2) is 0 Å². The van der Waals surface area contributed by atoms with Crippen LogP contribution < -0.4 is 0 Å². The molecule has 1 saturated carbocycles. The second kappa shape index (κ2) is 0.740. The van der Waals surface area contributed by atoms with Gasteiger partial charge in [0, 0.05) is 6.42 Å². The summed E-state index contributed by atoms with van der Waals surface area (Å²) < 4.78 is 0.0602. The molecule has 2 nitrogen and oxygen atoms in total. The number of quaternary nitrogens is 1. The van der Waals surface area contributed by atoms with Crippen LogP contribution >= 0.6 is 0 Å². The number of likely N-dealkylation sites (tertiary alicyclic amines) is 1. The van der Waals surface area contributed by atoms with Gasteiger partial charge >= 0.3 is 0 Å². The van der Waals surface area contributed by atoms with Crippen molar-refractivity contribution in [2.24, 2.45) is 5.92 Å². The van der Waals surface area contributed by atoms with E-state index < -0.39 is 0 Å². The zero-order valence-electron chi connectivity index (χ0n) is 4.42. The molecule has 3 unspecified atom stereocenters. The number of nitrogens with zero attached hydrogens (tertiary/aromatic N) is 1. The Hall–Kier alpha value is -0.0800. The average Bonchev–Trinajstić information content (AvgIpc) is 2.13. The Morgan fingerprint density at radius 3 is 2.43 bits per heavy atom. The van der Waals surface area contributed by atoms with Gasteiger partial charge in [0.05, 0.1) is 25.6 Å². The van der Waals surface area contributed by atoms with Crippen molar-refractivity contribution in [2.75, 3.05) is 13.6 Å². The summed E-state index contributed by atoms with van der Waals surface area (Å²) >= 11 is 0. The van der Waals surface area contributed by atoms with Crippen LogP contribution in [0, 0.1) is 11.1 Å². The smallest absolute Gasteiger partial charge is 0.0978 e. The maximum absolute atomic E-state index is 10.9. The van der Waals surface area contributed by atoms with Crippen molar-refractivity contribution in [3.8, 4) is 0 Å². The van der Waals surface area contributed by atoms with Crippen LogP contribution in [0.1, 0.15) is 6.42 Å². The van der Waals surface area contributed by atoms with E-state index in [-0.39, 0.29) is 4.65 Å². The van der Waals surface area contributed by atoms with Crippen LogP contribution in [0.3, 0.4) is 0 Å². The van der Waals surface area contributed by atoms with Crippen LogP contribution in [-0.2, 0) is 0 Å². The van der Waals surface area contributed by atoms with E-state index in [0.29, 0.717) is 6.04 Å². The van der Waals surface area contributed by atoms with Gasteiger partial charge in [-0.3, -0.25) is 0 Å². The highest BCUT2D eigenvalue weighted by atomic mass is 16.6. The summed E-state index contributed by atoms with van der Waals surface area (Å²) in [7, 11) is 1.77. The Kier molecular flexibility index (Phi) is 0.408. The summed E-state index contributed by atoms with van der Waals surface area (Å²) in [5, 5.41) is 10.9. The molecule has 0 aromatic rings. The Morgan fingerprint density at radius 1 is 1.71 bits per heavy atom. The third kappa shape index (κ3) is 0.318. The van der Waals surface area contributed by atoms with Gasteiger partial charge in [0.25, 0.3) is 0 Å². The molecule has 1 aliphatic carbocycles. The average molecular weight is 99.1 g/mol. The van der Waals surface area contributed by atoms with E-state index in [9.17, 15) is 5.21 Å². The molecular formula is C5H9NO. The molecule has 1 saturated heterocycles. The minimum Gasteiger partial charge on any atom is -0.633 e. The predicted octanol–water partition coefficient (Wildman–Crippen LogP) is 0.333. The van der Waals surface area contributed by atoms with E-state index in [2.05, 4.69) is 0 Å². The van der Waals surface area contributed by atoms with Gasteiger partial charge in [-0.15, -0.1) is 0 Å². The zero-order chi connectivity index (χ0) is 5.07. The maximum Gasteiger partial charge on any atom is 0.0978 e. The Bertz CT molecular complexity index is 111. The number of rotatable bonds is 0. The molecular weight excluding hydrogens is 90.1 g/mol. The van der Waals surface area contributed by atoms with Crippen molar-refractivity contribution in [1.29, 1.82) is 0 Å². The summed E-state index contributed by atoms with van der Waals surface area (Å²) in [5.74, 6) is 0.836. The van der Waals surface area contributed by atoms with Gasteiger partial charge in [0.15, 0.2) is 0 Å². The minimum absolute atomic E-state index is 0.0602. The molecule has 0 radical (unpaired) electrons. The molecule has 1 aliphatic heterocycles. The van der Waals surface area contributed by atoms with Crippen LogP contribution in [-0.4, -0.2) is 24.3 Å². The second-order valence-corrected chi connectivity index (χ2v) is 2.92. The first-order valence-corrected chi connectivity index (χ1v) is 2.76. The molecule has 0 amide bonds. The number of hydrogen-bond acceptors (Lipinski definition) is 1. The van der Waals surface area contributed by atoms with Crippen LogP contribution in [0.15, 0.2) is 0 Å². The summed E-state index contributed by atoms with van der Waals surface area (Å²) in [6.07, 6.45) is 1.21. The lowest BCUT2D eigenvalue weighted by molar-refractivity contribution is -0.907. The molecule has 2 aliphatic rings. The van der Waals surface area contributed by atoms with E-state index >= 15 is 0 Å². The fraction of sp³-hybridized carbons (Fsp3) is 1.00. The van der Waals surface area contributed by atoms with Gasteiger partial charge in [-0.05, 0) is 0 Å². The van der Waals surface area contributed by atoms with E-state index in [4.69, 9.17) is 0 Å². The fourth-order valence-corrected chi connectivity index (χ4v) is 1.56. The molecule has 1 heterocycles. The first kappa shape index (κ1) is 3.87. The Balaban J connectivity index is 2.15. The summed E-state index contributed by atoms with van der Waals surface area (Å²) in [4.78, 5) is 0. The molecule has 0 aromatic heterocycles. The van der Waals surface area contributed by atoms with Gasteiger partial charge in [-0.2, -0.15) is 0 Å². The van der Waals surface area contributed by atoms with E-state index in [1.54, 1.807) is 7.05 Å². The van der Waals surface area contributed by atoms with Crippen molar-refractivity contribution in [3.05, 3.63) is 5.21 Å². The monoisotopic (exact) mass is 99.1 g/mol. The molecule has 7 heavy (non-hydrogen) atoms. The molecule has 2 fully saturated rings. The highest BCUT2D eigenvalue weighted by Crippen LogP contribution is 2.50. The standard InChI is InChI=1S/C5H9NO/c1-6(7)3-4-2-5(4)6/h4-5H,2-3H2,1H3. The van der Waals surface area contributed by atoms with Gasteiger partial charge < -0.3 is 9.85 Å². The normalized spacial score (nSPS) is 66.0. The van der Waals surface area contributed by atoms with E-state index in [0.717, 1.165) is 12.5 Å². The number of fused-ring (bicyclic) bond motifs is 1. The fourth-order valence-electron chi connectivity index (χ4n) is 1.56. The number of hydrogen-bond donors (Lipinski definition) is 0. The third-order valence-electron chi connectivity index (χ3n) is 2.18. The maximum atomic E-state index is 10.9. The molecule has 40 valence electrons. The summed E-state index contributed by atoms with van der Waals surface area (Å²) in [6.45, 7) is 0.894. The first-order valence-electron chi connectivity index (χ1n) is 2.76. The van der Waals surface area contributed by atoms with Crippen molar-refractivity contribution in [2.45, 2.75) is 12.5 Å². The van der Waals surface area contributed by atoms with Crippen molar-refractivity contribution in [3.63, 3.8) is 0 Å². The topological polar surface area (TPSA) is 23.1 Å². The Labute approximate surface area is 42.9 Å². The number of hydroxylamine groups is 3. The van der Waals surface area contributed by atoms with E-state index in [1.165, 1.54) is 6.42 Å². The van der Waals surface area contributed by atoms with Crippen LogP contribution in [0.4, 0.5) is 0 Å². The van der Waals surface area contributed by atoms with Gasteiger partial charge in [0.1, 0.15) is 0 Å². The van der Waals surface area contributed by atoms with Gasteiger partial charge in [0.2, 0.25) is 0 Å². The largest absolute Gasteiger partial charge is 0.633 e. The Morgan fingerprint density at radius 2 is 2.43 bits per heavy atom. The highest BCUT2D eigenvalue weighted by molar-refractivity contribution is 4.96.